The van der Waals surface area contributed by atoms with Crippen molar-refractivity contribution in [3.8, 4) is 5.75 Å². The molecule has 1 aliphatic heterocycles. The summed E-state index contributed by atoms with van der Waals surface area (Å²) in [6.07, 6.45) is 1.37. The van der Waals surface area contributed by atoms with E-state index >= 15 is 0 Å². The number of carbonyl (C=O) groups excluding carboxylic acids is 1. The number of carbonyl (C=O) groups is 1. The van der Waals surface area contributed by atoms with Gasteiger partial charge in [0.05, 0.1) is 5.02 Å². The van der Waals surface area contributed by atoms with Crippen LogP contribution in [0.3, 0.4) is 0 Å². The highest BCUT2D eigenvalue weighted by Crippen LogP contribution is 2.26. The van der Waals surface area contributed by atoms with Crippen LogP contribution in [-0.2, 0) is 4.79 Å². The van der Waals surface area contributed by atoms with Gasteiger partial charge in [-0.2, -0.15) is 0 Å². The molecule has 0 spiro atoms. The van der Waals surface area contributed by atoms with Crippen LogP contribution in [0, 0.1) is 6.92 Å². The summed E-state index contributed by atoms with van der Waals surface area (Å²) in [7, 11) is 0. The molecule has 1 aromatic carbocycles. The maximum absolute atomic E-state index is 12.1. The molecule has 1 fully saturated rings. The summed E-state index contributed by atoms with van der Waals surface area (Å²) in [5.41, 5.74) is 1.05. The van der Waals surface area contributed by atoms with E-state index in [-0.39, 0.29) is 24.4 Å². The van der Waals surface area contributed by atoms with Crippen LogP contribution in [0.2, 0.25) is 5.02 Å². The largest absolute Gasteiger partial charge is 0.479 e. The highest BCUT2D eigenvalue weighted by atomic mass is 35.5. The average Bonchev–Trinajstić information content (AvgIpc) is 2.44. The van der Waals surface area contributed by atoms with Crippen molar-refractivity contribution in [1.82, 2.24) is 10.6 Å². The first kappa shape index (κ1) is 18.1. The Kier molecular flexibility index (Phi) is 7.29. The molecule has 0 aliphatic carbocycles. The van der Waals surface area contributed by atoms with Gasteiger partial charge in [-0.05, 0) is 57.5 Å². The topological polar surface area (TPSA) is 50.4 Å². The molecular weight excluding hydrogens is 311 g/mol. The molecule has 1 aliphatic rings. The Morgan fingerprint density at radius 3 is 2.76 bits per heavy atom. The Hall–Kier alpha value is -0.970. The Balaban J connectivity index is 0.00000220. The predicted molar refractivity (Wildman–Crippen MR) is 87.6 cm³/mol. The second kappa shape index (κ2) is 8.47. The molecule has 1 atom stereocenters. The van der Waals surface area contributed by atoms with E-state index in [1.807, 2.05) is 19.1 Å². The van der Waals surface area contributed by atoms with Crippen LogP contribution >= 0.6 is 24.0 Å². The van der Waals surface area contributed by atoms with Gasteiger partial charge < -0.3 is 15.4 Å². The van der Waals surface area contributed by atoms with Gasteiger partial charge in [0.15, 0.2) is 6.10 Å². The lowest BCUT2D eigenvalue weighted by Crippen LogP contribution is -2.47. The van der Waals surface area contributed by atoms with E-state index in [0.717, 1.165) is 31.5 Å². The lowest BCUT2D eigenvalue weighted by Gasteiger charge is -2.25. The van der Waals surface area contributed by atoms with Crippen LogP contribution in [0.15, 0.2) is 18.2 Å². The summed E-state index contributed by atoms with van der Waals surface area (Å²) in [5.74, 6) is 0.467. The highest BCUT2D eigenvalue weighted by molar-refractivity contribution is 6.32. The lowest BCUT2D eigenvalue weighted by atomic mass is 10.1. The van der Waals surface area contributed by atoms with Crippen molar-refractivity contribution in [1.29, 1.82) is 0 Å². The number of amides is 1. The molecule has 6 heteroatoms. The fourth-order valence-corrected chi connectivity index (χ4v) is 2.39. The van der Waals surface area contributed by atoms with Crippen molar-refractivity contribution in [3.63, 3.8) is 0 Å². The minimum Gasteiger partial charge on any atom is -0.479 e. The Morgan fingerprint density at radius 1 is 1.43 bits per heavy atom. The summed E-state index contributed by atoms with van der Waals surface area (Å²) < 4.78 is 5.67. The summed E-state index contributed by atoms with van der Waals surface area (Å²) >= 11 is 6.07. The smallest absolute Gasteiger partial charge is 0.260 e. The van der Waals surface area contributed by atoms with E-state index in [4.69, 9.17) is 16.3 Å². The molecule has 21 heavy (non-hydrogen) atoms. The number of benzene rings is 1. The summed E-state index contributed by atoms with van der Waals surface area (Å²) in [6, 6.07) is 5.78. The van der Waals surface area contributed by atoms with Crippen LogP contribution in [0.4, 0.5) is 0 Å². The van der Waals surface area contributed by atoms with E-state index in [9.17, 15) is 4.79 Å². The van der Waals surface area contributed by atoms with Gasteiger partial charge in [0.2, 0.25) is 0 Å². The van der Waals surface area contributed by atoms with Crippen LogP contribution in [-0.4, -0.2) is 31.1 Å². The van der Waals surface area contributed by atoms with Crippen molar-refractivity contribution in [2.45, 2.75) is 38.8 Å². The van der Waals surface area contributed by atoms with Crippen molar-refractivity contribution in [2.24, 2.45) is 0 Å². The number of nitrogens with one attached hydrogen (secondary N) is 2. The predicted octanol–water partition coefficient (Wildman–Crippen LogP) is 2.71. The lowest BCUT2D eigenvalue weighted by molar-refractivity contribution is -0.128. The van der Waals surface area contributed by atoms with Crippen molar-refractivity contribution >= 4 is 29.9 Å². The maximum Gasteiger partial charge on any atom is 0.260 e. The zero-order chi connectivity index (χ0) is 14.5. The molecule has 2 N–H and O–H groups in total. The van der Waals surface area contributed by atoms with Crippen molar-refractivity contribution in [3.05, 3.63) is 28.8 Å². The molecule has 118 valence electrons. The van der Waals surface area contributed by atoms with E-state index in [1.165, 1.54) is 0 Å². The SMILES string of the molecule is Cc1ccc(Cl)c(OC(C)C(=O)NC2CCNCC2)c1.Cl. The van der Waals surface area contributed by atoms with Crippen LogP contribution < -0.4 is 15.4 Å². The maximum atomic E-state index is 12.1. The molecule has 1 saturated heterocycles. The van der Waals surface area contributed by atoms with Gasteiger partial charge in [0, 0.05) is 6.04 Å². The molecule has 0 aromatic heterocycles. The molecule has 0 saturated carbocycles. The van der Waals surface area contributed by atoms with Crippen LogP contribution in [0.5, 0.6) is 5.75 Å². The normalized spacial score (nSPS) is 16.7. The van der Waals surface area contributed by atoms with Crippen molar-refractivity contribution < 1.29 is 9.53 Å². The zero-order valence-electron chi connectivity index (χ0n) is 12.3. The Labute approximate surface area is 137 Å². The van der Waals surface area contributed by atoms with Gasteiger partial charge in [-0.15, -0.1) is 12.4 Å². The first-order chi connectivity index (χ1) is 9.56. The van der Waals surface area contributed by atoms with Gasteiger partial charge in [-0.1, -0.05) is 17.7 Å². The molecule has 2 rings (SSSR count). The molecule has 0 radical (unpaired) electrons. The molecular formula is C15H22Cl2N2O2. The van der Waals surface area contributed by atoms with Gasteiger partial charge in [0.25, 0.3) is 5.91 Å². The van der Waals surface area contributed by atoms with Gasteiger partial charge in [0.1, 0.15) is 5.75 Å². The molecule has 1 unspecified atom stereocenters. The average molecular weight is 333 g/mol. The standard InChI is InChI=1S/C15H21ClN2O2.ClH/c1-10-3-4-13(16)14(9-10)20-11(2)15(19)18-12-5-7-17-8-6-12;/h3-4,9,11-12,17H,5-8H2,1-2H3,(H,18,19);1H. The van der Waals surface area contributed by atoms with Gasteiger partial charge in [-0.25, -0.2) is 0 Å². The quantitative estimate of drug-likeness (QED) is 0.891. The molecule has 1 heterocycles. The van der Waals surface area contributed by atoms with Gasteiger partial charge in [-0.3, -0.25) is 4.79 Å². The first-order valence-electron chi connectivity index (χ1n) is 7.00. The van der Waals surface area contributed by atoms with Crippen LogP contribution in [0.1, 0.15) is 25.3 Å². The third-order valence-corrected chi connectivity index (χ3v) is 3.76. The minimum atomic E-state index is -0.552. The number of hydrogen-bond acceptors (Lipinski definition) is 3. The number of ether oxygens (including phenoxy) is 1. The third-order valence-electron chi connectivity index (χ3n) is 3.45. The summed E-state index contributed by atoms with van der Waals surface area (Å²) in [5, 5.41) is 6.82. The number of piperidine rings is 1. The fraction of sp³-hybridized carbons (Fsp3) is 0.533. The third kappa shape index (κ3) is 5.38. The summed E-state index contributed by atoms with van der Waals surface area (Å²) in [4.78, 5) is 12.1. The number of rotatable bonds is 4. The van der Waals surface area contributed by atoms with Gasteiger partial charge >= 0.3 is 0 Å². The fourth-order valence-electron chi connectivity index (χ4n) is 2.23. The van der Waals surface area contributed by atoms with E-state index in [2.05, 4.69) is 10.6 Å². The second-order valence-corrected chi connectivity index (χ2v) is 5.63. The van der Waals surface area contributed by atoms with Crippen LogP contribution in [0.25, 0.3) is 0 Å². The minimum absolute atomic E-state index is 0. The van der Waals surface area contributed by atoms with E-state index in [1.54, 1.807) is 13.0 Å². The van der Waals surface area contributed by atoms with E-state index < -0.39 is 6.10 Å². The molecule has 0 bridgehead atoms. The van der Waals surface area contributed by atoms with Crippen molar-refractivity contribution in [2.75, 3.05) is 13.1 Å². The zero-order valence-corrected chi connectivity index (χ0v) is 13.9. The Bertz CT molecular complexity index is 477. The highest BCUT2D eigenvalue weighted by Gasteiger charge is 2.21. The number of aryl methyl sites for hydroxylation is 1. The summed E-state index contributed by atoms with van der Waals surface area (Å²) in [6.45, 7) is 5.60. The Morgan fingerprint density at radius 2 is 2.10 bits per heavy atom. The molecule has 4 nitrogen and oxygen atoms in total. The monoisotopic (exact) mass is 332 g/mol. The second-order valence-electron chi connectivity index (χ2n) is 5.23. The first-order valence-corrected chi connectivity index (χ1v) is 7.38. The molecule has 1 aromatic rings. The molecule has 1 amide bonds. The number of halogens is 2. The van der Waals surface area contributed by atoms with E-state index in [0.29, 0.717) is 10.8 Å². The number of hydrogen-bond donors (Lipinski definition) is 2.